The number of thioether (sulfide) groups is 1. The molecule has 0 atom stereocenters. The molecule has 4 aromatic rings. The fraction of sp³-hybridized carbons (Fsp3) is 0.0435. The van der Waals surface area contributed by atoms with Gasteiger partial charge in [-0.3, -0.25) is 9.36 Å². The minimum atomic E-state index is -0.213. The normalized spacial score (nSPS) is 15.6. The van der Waals surface area contributed by atoms with E-state index in [4.69, 9.17) is 4.74 Å². The highest BCUT2D eigenvalue weighted by atomic mass is 32.2. The van der Waals surface area contributed by atoms with Gasteiger partial charge in [-0.2, -0.15) is 0 Å². The molecule has 1 aliphatic heterocycles. The Labute approximate surface area is 171 Å². The lowest BCUT2D eigenvalue weighted by Gasteiger charge is -2.17. The summed E-state index contributed by atoms with van der Waals surface area (Å²) in [6.45, 7) is 0. The molecule has 1 aliphatic rings. The molecule has 0 bridgehead atoms. The van der Waals surface area contributed by atoms with Crippen molar-refractivity contribution in [3.63, 3.8) is 0 Å². The summed E-state index contributed by atoms with van der Waals surface area (Å²) in [6, 6.07) is 24.0. The maximum Gasteiger partial charge on any atom is 0.278 e. The number of benzene rings is 3. The zero-order valence-electron chi connectivity index (χ0n) is 15.6. The summed E-state index contributed by atoms with van der Waals surface area (Å²) in [4.78, 5) is 13.0. The van der Waals surface area contributed by atoms with Crippen molar-refractivity contribution in [1.29, 1.82) is 0 Å². The molecule has 0 aliphatic carbocycles. The van der Waals surface area contributed by atoms with Crippen LogP contribution in [-0.4, -0.2) is 22.8 Å². The SMILES string of the molecule is COc1ccc(/C=C2/SC(n3c4ccccc4c4ccccc43)=NNC2=O)cc1. The number of rotatable bonds is 2. The molecule has 0 unspecified atom stereocenters. The maximum absolute atomic E-state index is 12.4. The number of nitrogens with zero attached hydrogens (tertiary/aromatic N) is 2. The number of hydrazone groups is 1. The highest BCUT2D eigenvalue weighted by molar-refractivity contribution is 8.18. The Kier molecular flexibility index (Phi) is 4.33. The van der Waals surface area contributed by atoms with Crippen molar-refractivity contribution in [3.8, 4) is 5.75 Å². The van der Waals surface area contributed by atoms with E-state index in [1.54, 1.807) is 7.11 Å². The first-order chi connectivity index (χ1) is 14.2. The standard InChI is InChI=1S/C23H17N3O2S/c1-28-16-12-10-15(11-13-16)14-21-22(27)24-25-23(29-21)26-19-8-4-2-6-17(19)18-7-3-5-9-20(18)26/h2-14H,1H3,(H,24,27)/b21-14+. The summed E-state index contributed by atoms with van der Waals surface area (Å²) in [6.07, 6.45) is 1.86. The van der Waals surface area contributed by atoms with E-state index in [0.29, 0.717) is 10.1 Å². The van der Waals surface area contributed by atoms with Crippen LogP contribution in [0.3, 0.4) is 0 Å². The van der Waals surface area contributed by atoms with E-state index in [9.17, 15) is 4.79 Å². The second-order valence-corrected chi connectivity index (χ2v) is 7.60. The Morgan fingerprint density at radius 2 is 1.55 bits per heavy atom. The Hall–Kier alpha value is -3.51. The van der Waals surface area contributed by atoms with Crippen molar-refractivity contribution in [2.75, 3.05) is 7.11 Å². The molecule has 29 heavy (non-hydrogen) atoms. The highest BCUT2D eigenvalue weighted by Crippen LogP contribution is 2.33. The number of carbonyl (C=O) groups excluding carboxylic acids is 1. The van der Waals surface area contributed by atoms with E-state index in [1.165, 1.54) is 11.8 Å². The summed E-state index contributed by atoms with van der Waals surface area (Å²) in [5.41, 5.74) is 5.69. The number of hydrogen-bond acceptors (Lipinski definition) is 4. The molecule has 0 fully saturated rings. The number of carbonyl (C=O) groups is 1. The van der Waals surface area contributed by atoms with Crippen LogP contribution in [0, 0.1) is 0 Å². The van der Waals surface area contributed by atoms with Gasteiger partial charge in [-0.1, -0.05) is 48.5 Å². The molecular formula is C23H17N3O2S. The molecule has 5 nitrogen and oxygen atoms in total. The van der Waals surface area contributed by atoms with Gasteiger partial charge in [-0.25, -0.2) is 5.43 Å². The van der Waals surface area contributed by atoms with E-state index in [2.05, 4.69) is 39.4 Å². The maximum atomic E-state index is 12.4. The zero-order valence-corrected chi connectivity index (χ0v) is 16.4. The van der Waals surface area contributed by atoms with Crippen LogP contribution in [0.25, 0.3) is 27.9 Å². The quantitative estimate of drug-likeness (QED) is 0.492. The third-order valence-corrected chi connectivity index (χ3v) is 5.84. The van der Waals surface area contributed by atoms with Crippen molar-refractivity contribution in [3.05, 3.63) is 83.3 Å². The molecular weight excluding hydrogens is 382 g/mol. The number of amides is 1. The Bertz CT molecular complexity index is 1250. The molecule has 6 heteroatoms. The van der Waals surface area contributed by atoms with Crippen molar-refractivity contribution >= 4 is 50.7 Å². The predicted octanol–water partition coefficient (Wildman–Crippen LogP) is 4.83. The van der Waals surface area contributed by atoms with Crippen LogP contribution in [-0.2, 0) is 4.79 Å². The lowest BCUT2D eigenvalue weighted by Crippen LogP contribution is -2.27. The van der Waals surface area contributed by atoms with Gasteiger partial charge < -0.3 is 4.74 Å². The van der Waals surface area contributed by atoms with Crippen LogP contribution in [0.15, 0.2) is 82.8 Å². The Balaban J connectivity index is 1.60. The van der Waals surface area contributed by atoms with Gasteiger partial charge in [0.05, 0.1) is 23.0 Å². The Morgan fingerprint density at radius 1 is 0.931 bits per heavy atom. The van der Waals surface area contributed by atoms with Gasteiger partial charge in [0, 0.05) is 10.8 Å². The van der Waals surface area contributed by atoms with E-state index in [1.807, 2.05) is 54.6 Å². The van der Waals surface area contributed by atoms with Gasteiger partial charge in [0.15, 0.2) is 5.17 Å². The monoisotopic (exact) mass is 399 g/mol. The van der Waals surface area contributed by atoms with Crippen molar-refractivity contribution in [2.45, 2.75) is 0 Å². The summed E-state index contributed by atoms with van der Waals surface area (Å²) >= 11 is 1.36. The van der Waals surface area contributed by atoms with E-state index in [0.717, 1.165) is 33.1 Å². The Morgan fingerprint density at radius 3 is 2.17 bits per heavy atom. The molecule has 1 N–H and O–H groups in total. The molecule has 142 valence electrons. The molecule has 1 aromatic heterocycles. The second-order valence-electron chi connectivity index (χ2n) is 6.59. The van der Waals surface area contributed by atoms with Crippen molar-refractivity contribution in [1.82, 2.24) is 9.99 Å². The molecule has 1 amide bonds. The smallest absolute Gasteiger partial charge is 0.278 e. The molecule has 2 heterocycles. The van der Waals surface area contributed by atoms with Gasteiger partial charge in [0.1, 0.15) is 5.75 Å². The van der Waals surface area contributed by atoms with Crippen LogP contribution in [0.5, 0.6) is 5.75 Å². The zero-order chi connectivity index (χ0) is 19.8. The number of ether oxygens (including phenoxy) is 1. The van der Waals surface area contributed by atoms with Gasteiger partial charge in [-0.15, -0.1) is 5.10 Å². The fourth-order valence-electron chi connectivity index (χ4n) is 3.49. The van der Waals surface area contributed by atoms with E-state index < -0.39 is 0 Å². The predicted molar refractivity (Wildman–Crippen MR) is 119 cm³/mol. The fourth-order valence-corrected chi connectivity index (χ4v) is 4.40. The first-order valence-corrected chi connectivity index (χ1v) is 9.96. The van der Waals surface area contributed by atoms with Crippen molar-refractivity contribution < 1.29 is 9.53 Å². The van der Waals surface area contributed by atoms with Crippen LogP contribution in [0.1, 0.15) is 5.56 Å². The molecule has 3 aromatic carbocycles. The second kappa shape index (κ2) is 7.14. The summed E-state index contributed by atoms with van der Waals surface area (Å²) in [5.74, 6) is 0.566. The third-order valence-electron chi connectivity index (χ3n) is 4.86. The number of hydrogen-bond donors (Lipinski definition) is 1. The largest absolute Gasteiger partial charge is 0.497 e. The van der Waals surface area contributed by atoms with Crippen LogP contribution >= 0.6 is 11.8 Å². The summed E-state index contributed by atoms with van der Waals surface area (Å²) in [5, 5.41) is 7.38. The van der Waals surface area contributed by atoms with Gasteiger partial charge in [0.25, 0.3) is 5.91 Å². The number of aromatic nitrogens is 1. The van der Waals surface area contributed by atoms with Gasteiger partial charge in [0.2, 0.25) is 0 Å². The molecule has 5 rings (SSSR count). The topological polar surface area (TPSA) is 55.6 Å². The minimum Gasteiger partial charge on any atom is -0.497 e. The number of para-hydroxylation sites is 2. The average Bonchev–Trinajstić information content (AvgIpc) is 3.10. The number of methoxy groups -OCH3 is 1. The van der Waals surface area contributed by atoms with E-state index >= 15 is 0 Å². The number of fused-ring (bicyclic) bond motifs is 3. The van der Waals surface area contributed by atoms with E-state index in [-0.39, 0.29) is 5.91 Å². The molecule has 0 radical (unpaired) electrons. The van der Waals surface area contributed by atoms with Crippen LogP contribution in [0.2, 0.25) is 0 Å². The number of nitrogens with one attached hydrogen (secondary N) is 1. The first-order valence-electron chi connectivity index (χ1n) is 9.15. The molecule has 0 spiro atoms. The molecule has 0 saturated heterocycles. The highest BCUT2D eigenvalue weighted by Gasteiger charge is 2.23. The van der Waals surface area contributed by atoms with Gasteiger partial charge in [-0.05, 0) is 47.7 Å². The summed E-state index contributed by atoms with van der Waals surface area (Å²) < 4.78 is 7.29. The third kappa shape index (κ3) is 3.07. The van der Waals surface area contributed by atoms with Crippen LogP contribution < -0.4 is 10.2 Å². The average molecular weight is 399 g/mol. The van der Waals surface area contributed by atoms with Gasteiger partial charge >= 0.3 is 0 Å². The van der Waals surface area contributed by atoms with Crippen molar-refractivity contribution in [2.24, 2.45) is 5.10 Å². The minimum absolute atomic E-state index is 0.213. The molecule has 0 saturated carbocycles. The lowest BCUT2D eigenvalue weighted by atomic mass is 10.2. The first kappa shape index (κ1) is 17.6. The summed E-state index contributed by atoms with van der Waals surface area (Å²) in [7, 11) is 1.63. The lowest BCUT2D eigenvalue weighted by molar-refractivity contribution is -0.116. The van der Waals surface area contributed by atoms with Crippen LogP contribution in [0.4, 0.5) is 0 Å².